The molecule has 8 aromatic rings. The zero-order chi connectivity index (χ0) is 54.9. The van der Waals surface area contributed by atoms with Crippen LogP contribution in [0.5, 0.6) is 17.2 Å². The van der Waals surface area contributed by atoms with Crippen LogP contribution < -0.4 is 5.73 Å². The highest BCUT2D eigenvalue weighted by Crippen LogP contribution is 2.41. The Labute approximate surface area is 466 Å². The van der Waals surface area contributed by atoms with E-state index in [1.54, 1.807) is 53.8 Å². The molecule has 1 amide bonds. The van der Waals surface area contributed by atoms with Crippen LogP contribution in [0.2, 0.25) is 30.1 Å². The monoisotopic (exact) mass is 1220 g/mol. The lowest BCUT2D eigenvalue weighted by Crippen LogP contribution is -2.21. The van der Waals surface area contributed by atoms with Crippen molar-refractivity contribution in [2.24, 2.45) is 11.1 Å². The van der Waals surface area contributed by atoms with Gasteiger partial charge < -0.3 is 25.5 Å². The predicted octanol–water partition coefficient (Wildman–Crippen LogP) is 14.3. The molecule has 74 heavy (non-hydrogen) atoms. The number of fused-ring (bicyclic) bond motifs is 2. The Morgan fingerprint density at radius 2 is 1.18 bits per heavy atom. The molecule has 0 aliphatic heterocycles. The largest absolute Gasteiger partial charge is 0.505 e. The van der Waals surface area contributed by atoms with Crippen molar-refractivity contribution in [2.45, 2.75) is 79.1 Å². The number of oxazole rings is 1. The molecule has 0 aliphatic rings. The summed E-state index contributed by atoms with van der Waals surface area (Å²) in [5.41, 5.74) is 7.17. The van der Waals surface area contributed by atoms with Crippen LogP contribution in [0.15, 0.2) is 115 Å². The molecule has 24 heteroatoms. The van der Waals surface area contributed by atoms with Gasteiger partial charge in [0.1, 0.15) is 20.2 Å². The van der Waals surface area contributed by atoms with Gasteiger partial charge in [-0.15, -0.1) is 22.7 Å². The van der Waals surface area contributed by atoms with E-state index >= 15 is 0 Å². The number of rotatable bonds is 13. The normalized spacial score (nSPS) is 12.3. The van der Waals surface area contributed by atoms with Gasteiger partial charge in [0.25, 0.3) is 5.91 Å². The molecule has 0 spiro atoms. The van der Waals surface area contributed by atoms with E-state index in [2.05, 4.69) is 25.8 Å². The molecule has 8 rings (SSSR count). The van der Waals surface area contributed by atoms with Crippen LogP contribution in [-0.2, 0) is 52.9 Å². The molecule has 13 nitrogen and oxygen atoms in total. The minimum atomic E-state index is -4.03. The number of primary amides is 1. The molecule has 0 bridgehead atoms. The lowest BCUT2D eigenvalue weighted by molar-refractivity contribution is 0.100. The first kappa shape index (κ1) is 58.9. The van der Waals surface area contributed by atoms with E-state index in [0.717, 1.165) is 27.0 Å². The Kier molecular flexibility index (Phi) is 18.4. The molecule has 0 fully saturated rings. The molecular formula is C50H46Cl6N2O11S5. The van der Waals surface area contributed by atoms with Crippen molar-refractivity contribution in [3.63, 3.8) is 0 Å². The number of hydrogen-bond donors (Lipinski definition) is 4. The summed E-state index contributed by atoms with van der Waals surface area (Å²) in [7, 11) is -11.6. The number of amides is 1. The second-order valence-corrected chi connectivity index (χ2v) is 29.1. The number of hydrogen-bond acceptors (Lipinski definition) is 14. The minimum Gasteiger partial charge on any atom is -0.505 e. The Bertz CT molecular complexity index is 3760. The number of aromatic nitrogens is 1. The second kappa shape index (κ2) is 23.1. The van der Waals surface area contributed by atoms with Gasteiger partial charge in [-0.05, 0) is 94.4 Å². The van der Waals surface area contributed by atoms with Gasteiger partial charge in [0.05, 0.1) is 37.2 Å². The Morgan fingerprint density at radius 1 is 0.662 bits per heavy atom. The third kappa shape index (κ3) is 14.4. The maximum Gasteiger partial charge on any atom is 0.259 e. The van der Waals surface area contributed by atoms with E-state index in [-0.39, 0.29) is 67.1 Å². The fourth-order valence-electron chi connectivity index (χ4n) is 7.27. The summed E-state index contributed by atoms with van der Waals surface area (Å²) in [4.78, 5) is 16.6. The number of carbonyl (C=O) groups excluding carboxylic acids is 1. The fourth-order valence-corrected chi connectivity index (χ4v) is 15.9. The zero-order valence-corrected chi connectivity index (χ0v) is 48.3. The number of carbonyl (C=O) groups is 1. The minimum absolute atomic E-state index is 0.0242. The Hall–Kier alpha value is -4.31. The number of phenols is 3. The highest BCUT2D eigenvalue weighted by atomic mass is 35.5. The van der Waals surface area contributed by atoms with Crippen molar-refractivity contribution < 1.29 is 49.8 Å². The predicted molar refractivity (Wildman–Crippen MR) is 298 cm³/mol. The van der Waals surface area contributed by atoms with E-state index in [1.165, 1.54) is 30.3 Å². The van der Waals surface area contributed by atoms with Crippen LogP contribution >= 0.6 is 92.3 Å². The highest BCUT2D eigenvalue weighted by molar-refractivity contribution is 7.91. The number of benzene rings is 5. The first-order chi connectivity index (χ1) is 34.3. The van der Waals surface area contributed by atoms with Crippen molar-refractivity contribution in [1.82, 2.24) is 4.98 Å². The number of thiophene rings is 2. The topological polar surface area (TPSA) is 232 Å². The van der Waals surface area contributed by atoms with Crippen LogP contribution in [0.1, 0.15) is 72.6 Å². The SMILES string of the molecule is CC(C)(C)Cc1nc2cc(CS(=O)(=O)c3cc(Cl)cc(Cl)c3O)ccc2o1.CC(C)(CCS(=O)(=O)c1cc(Cl)cc(Cl)c1O)c1cccs1.NC(=O)c1sc2ccccc2c1CS(=O)(=O)c1cc(Cl)cc(Cl)c1O. The number of nitrogens with zero attached hydrogens (tertiary/aromatic N) is 1. The van der Waals surface area contributed by atoms with Gasteiger partial charge in [0.15, 0.2) is 58.2 Å². The van der Waals surface area contributed by atoms with Gasteiger partial charge in [0.2, 0.25) is 0 Å². The molecule has 3 heterocycles. The van der Waals surface area contributed by atoms with Gasteiger partial charge in [-0.25, -0.2) is 30.2 Å². The van der Waals surface area contributed by atoms with E-state index < -0.39 is 63.3 Å². The molecule has 0 radical (unpaired) electrons. The van der Waals surface area contributed by atoms with E-state index in [4.69, 9.17) is 79.8 Å². The summed E-state index contributed by atoms with van der Waals surface area (Å²) in [5, 5.41) is 32.6. The smallest absolute Gasteiger partial charge is 0.259 e. The van der Waals surface area contributed by atoms with Crippen molar-refractivity contribution >= 4 is 149 Å². The summed E-state index contributed by atoms with van der Waals surface area (Å²) in [6.45, 7) is 10.3. The molecule has 0 saturated carbocycles. The summed E-state index contributed by atoms with van der Waals surface area (Å²) < 4.78 is 82.6. The van der Waals surface area contributed by atoms with Crippen LogP contribution in [0, 0.1) is 5.41 Å². The Morgan fingerprint density at radius 3 is 1.68 bits per heavy atom. The molecule has 394 valence electrons. The first-order valence-electron chi connectivity index (χ1n) is 21.7. The van der Waals surface area contributed by atoms with Gasteiger partial charge >= 0.3 is 0 Å². The number of halogens is 6. The fraction of sp³-hybridized carbons (Fsp3) is 0.240. The second-order valence-electron chi connectivity index (χ2n) is 18.6. The van der Waals surface area contributed by atoms with Crippen molar-refractivity contribution in [2.75, 3.05) is 5.75 Å². The first-order valence-corrected chi connectivity index (χ1v) is 30.7. The van der Waals surface area contributed by atoms with Gasteiger partial charge in [0, 0.05) is 36.5 Å². The maximum atomic E-state index is 12.8. The summed E-state index contributed by atoms with van der Waals surface area (Å²) in [6.07, 6.45) is 1.10. The van der Waals surface area contributed by atoms with Crippen molar-refractivity contribution in [1.29, 1.82) is 0 Å². The van der Waals surface area contributed by atoms with Crippen LogP contribution in [0.4, 0.5) is 0 Å². The molecule has 0 aliphatic carbocycles. The zero-order valence-electron chi connectivity index (χ0n) is 39.7. The number of phenolic OH excluding ortho intramolecular Hbond substituents is 3. The van der Waals surface area contributed by atoms with Gasteiger partial charge in [-0.3, -0.25) is 4.79 Å². The van der Waals surface area contributed by atoms with Crippen LogP contribution in [0.3, 0.4) is 0 Å². The molecule has 3 aromatic heterocycles. The third-order valence-corrected chi connectivity index (χ3v) is 20.0. The Balaban J connectivity index is 0.000000182. The number of sulfone groups is 3. The highest BCUT2D eigenvalue weighted by Gasteiger charge is 2.30. The average Bonchev–Trinajstić information content (AvgIpc) is 4.06. The van der Waals surface area contributed by atoms with Crippen LogP contribution in [-0.4, -0.2) is 57.2 Å². The molecule has 0 saturated heterocycles. The summed E-state index contributed by atoms with van der Waals surface area (Å²) >= 11 is 37.8. The third-order valence-electron chi connectivity index (χ3n) is 11.0. The summed E-state index contributed by atoms with van der Waals surface area (Å²) in [6, 6.07) is 23.4. The maximum absolute atomic E-state index is 12.8. The molecule has 0 unspecified atom stereocenters. The van der Waals surface area contributed by atoms with Crippen LogP contribution in [0.25, 0.3) is 21.2 Å². The molecule has 5 N–H and O–H groups in total. The molecular weight excluding hydrogens is 1180 g/mol. The van der Waals surface area contributed by atoms with Gasteiger partial charge in [-0.1, -0.05) is 135 Å². The standard InChI is InChI=1S/C19H19Cl2NO4S.C16H11Cl2NO4S2.C15H16Cl2O3S2/c1-19(2,3)9-17-22-14-6-11(4-5-15(14)26-17)10-27(24,25)16-8-12(20)7-13(21)18(16)23;17-8-5-11(18)14(20)13(6-8)25(22,23)7-10-9-3-1-2-4-12(9)24-15(10)16(19)21;1-15(2,13-4-3-6-21-13)5-7-22(19,20)12-9-10(16)8-11(17)14(12)18/h4-8,23H,9-10H2,1-3H3;1-6,20H,7H2,(H2,19,21);3-4,6,8-9,18H,5,7H2,1-2H3. The van der Waals surface area contributed by atoms with E-state index in [9.17, 15) is 45.4 Å². The average molecular weight is 1220 g/mol. The summed E-state index contributed by atoms with van der Waals surface area (Å²) in [5.74, 6) is -2.56. The van der Waals surface area contributed by atoms with Gasteiger partial charge in [-0.2, -0.15) is 0 Å². The lowest BCUT2D eigenvalue weighted by atomic mass is 9.88. The van der Waals surface area contributed by atoms with E-state index in [0.29, 0.717) is 46.3 Å². The lowest BCUT2D eigenvalue weighted by Gasteiger charge is -2.23. The molecule has 0 atom stereocenters. The van der Waals surface area contributed by atoms with Crippen molar-refractivity contribution in [3.05, 3.63) is 153 Å². The van der Waals surface area contributed by atoms with E-state index in [1.807, 2.05) is 31.4 Å². The van der Waals surface area contributed by atoms with Crippen molar-refractivity contribution in [3.8, 4) is 17.2 Å². The quantitative estimate of drug-likeness (QED) is 0.0844. The number of aromatic hydroxyl groups is 3. The number of nitrogens with two attached hydrogens (primary N) is 1. The molecule has 5 aromatic carbocycles.